The fourth-order valence-electron chi connectivity index (χ4n) is 2.52. The molecule has 0 saturated heterocycles. The molecule has 0 amide bonds. The zero-order chi connectivity index (χ0) is 15.4. The van der Waals surface area contributed by atoms with Gasteiger partial charge in [0.05, 0.1) is 20.4 Å². The number of nitrogens with one attached hydrogen (secondary N) is 1. The minimum absolute atomic E-state index is 0.131. The summed E-state index contributed by atoms with van der Waals surface area (Å²) >= 11 is 13.7. The first-order chi connectivity index (χ1) is 10.1. The summed E-state index contributed by atoms with van der Waals surface area (Å²) in [6, 6.07) is 4.63. The molecular weight excluding hydrogens is 325 g/mol. The van der Waals surface area contributed by atoms with Crippen molar-refractivity contribution in [3.8, 4) is 0 Å². The number of nitrogens with zero attached hydrogens (tertiary/aromatic N) is 2. The van der Waals surface area contributed by atoms with Gasteiger partial charge in [0.15, 0.2) is 0 Å². The van der Waals surface area contributed by atoms with Gasteiger partial charge >= 0.3 is 0 Å². The maximum absolute atomic E-state index is 6.25. The van der Waals surface area contributed by atoms with Gasteiger partial charge in [-0.15, -0.1) is 11.3 Å². The first-order valence-corrected chi connectivity index (χ1v) is 8.82. The van der Waals surface area contributed by atoms with E-state index in [1.165, 1.54) is 11.3 Å². The van der Waals surface area contributed by atoms with Crippen LogP contribution in [0.25, 0.3) is 0 Å². The van der Waals surface area contributed by atoms with Crippen LogP contribution in [0.15, 0.2) is 18.3 Å². The molecule has 0 aliphatic heterocycles. The Morgan fingerprint density at radius 2 is 2.05 bits per heavy atom. The Bertz CT molecular complexity index is 575. The SMILES string of the molecule is CCC(CC)n1ccc(CC(NC)c2cc(Cl)sc2Cl)n1. The number of hydrogen-bond donors (Lipinski definition) is 1. The molecule has 2 heterocycles. The molecule has 6 heteroatoms. The summed E-state index contributed by atoms with van der Waals surface area (Å²) < 4.78 is 3.54. The first kappa shape index (κ1) is 16.8. The Balaban J connectivity index is 2.14. The van der Waals surface area contributed by atoms with Gasteiger partial charge in [0.25, 0.3) is 0 Å². The molecule has 0 aliphatic carbocycles. The lowest BCUT2D eigenvalue weighted by Gasteiger charge is -2.15. The number of likely N-dealkylation sites (N-methyl/N-ethyl adjacent to an activating group) is 1. The summed E-state index contributed by atoms with van der Waals surface area (Å²) in [5, 5.41) is 8.01. The number of halogens is 2. The lowest BCUT2D eigenvalue weighted by molar-refractivity contribution is 0.423. The Hall–Kier alpha value is -0.550. The summed E-state index contributed by atoms with van der Waals surface area (Å²) in [6.45, 7) is 4.39. The molecular formula is C15H21Cl2N3S. The first-order valence-electron chi connectivity index (χ1n) is 7.25. The van der Waals surface area contributed by atoms with E-state index < -0.39 is 0 Å². The molecule has 0 spiro atoms. The van der Waals surface area contributed by atoms with Crippen LogP contribution in [0.4, 0.5) is 0 Å². The fraction of sp³-hybridized carbons (Fsp3) is 0.533. The van der Waals surface area contributed by atoms with Crippen molar-refractivity contribution in [2.75, 3.05) is 7.05 Å². The second-order valence-corrected chi connectivity index (χ2v) is 7.37. The zero-order valence-electron chi connectivity index (χ0n) is 12.6. The summed E-state index contributed by atoms with van der Waals surface area (Å²) in [5.74, 6) is 0. The molecule has 21 heavy (non-hydrogen) atoms. The number of thiophene rings is 1. The normalized spacial score (nSPS) is 13.0. The number of rotatable bonds is 7. The molecule has 2 aromatic rings. The number of aromatic nitrogens is 2. The number of hydrogen-bond acceptors (Lipinski definition) is 3. The second kappa shape index (κ2) is 7.63. The van der Waals surface area contributed by atoms with Gasteiger partial charge in [0.2, 0.25) is 0 Å². The van der Waals surface area contributed by atoms with Gasteiger partial charge in [-0.3, -0.25) is 4.68 Å². The van der Waals surface area contributed by atoms with Crippen LogP contribution < -0.4 is 5.32 Å². The summed E-state index contributed by atoms with van der Waals surface area (Å²) in [6.07, 6.45) is 5.07. The predicted octanol–water partition coefficient (Wildman–Crippen LogP) is 5.12. The van der Waals surface area contributed by atoms with Crippen LogP contribution in [0.2, 0.25) is 8.67 Å². The van der Waals surface area contributed by atoms with E-state index in [2.05, 4.69) is 36.1 Å². The third-order valence-electron chi connectivity index (χ3n) is 3.80. The smallest absolute Gasteiger partial charge is 0.0992 e. The lowest BCUT2D eigenvalue weighted by Crippen LogP contribution is -2.19. The maximum atomic E-state index is 6.25. The van der Waals surface area contributed by atoms with Crippen molar-refractivity contribution in [2.24, 2.45) is 0 Å². The highest BCUT2D eigenvalue weighted by Gasteiger charge is 2.18. The van der Waals surface area contributed by atoms with Gasteiger partial charge in [-0.2, -0.15) is 5.10 Å². The van der Waals surface area contributed by atoms with Crippen LogP contribution in [-0.4, -0.2) is 16.8 Å². The molecule has 0 radical (unpaired) electrons. The van der Waals surface area contributed by atoms with Crippen molar-refractivity contribution in [1.82, 2.24) is 15.1 Å². The summed E-state index contributed by atoms with van der Waals surface area (Å²) in [5.41, 5.74) is 2.12. The van der Waals surface area contributed by atoms with Crippen LogP contribution in [0, 0.1) is 0 Å². The molecule has 0 aromatic carbocycles. The van der Waals surface area contributed by atoms with Gasteiger partial charge in [-0.1, -0.05) is 37.0 Å². The van der Waals surface area contributed by atoms with Crippen LogP contribution in [0.3, 0.4) is 0 Å². The predicted molar refractivity (Wildman–Crippen MR) is 91.7 cm³/mol. The summed E-state index contributed by atoms with van der Waals surface area (Å²) in [7, 11) is 1.93. The Morgan fingerprint density at radius 3 is 2.57 bits per heavy atom. The minimum Gasteiger partial charge on any atom is -0.313 e. The Kier molecular flexibility index (Phi) is 6.11. The van der Waals surface area contributed by atoms with E-state index in [9.17, 15) is 0 Å². The van der Waals surface area contributed by atoms with Gasteiger partial charge in [-0.25, -0.2) is 0 Å². The molecule has 1 atom stereocenters. The van der Waals surface area contributed by atoms with Gasteiger partial charge in [0, 0.05) is 24.2 Å². The van der Waals surface area contributed by atoms with Gasteiger partial charge in [0.1, 0.15) is 0 Å². The average Bonchev–Trinajstić information content (AvgIpc) is 3.04. The third kappa shape index (κ3) is 4.01. The Labute approximate surface area is 140 Å². The van der Waals surface area contributed by atoms with E-state index in [1.807, 2.05) is 13.1 Å². The molecule has 1 N–H and O–H groups in total. The van der Waals surface area contributed by atoms with E-state index in [-0.39, 0.29) is 6.04 Å². The lowest BCUT2D eigenvalue weighted by atomic mass is 10.1. The third-order valence-corrected chi connectivity index (χ3v) is 5.32. The zero-order valence-corrected chi connectivity index (χ0v) is 14.9. The topological polar surface area (TPSA) is 29.9 Å². The highest BCUT2D eigenvalue weighted by Crippen LogP contribution is 2.35. The highest BCUT2D eigenvalue weighted by atomic mass is 35.5. The van der Waals surface area contributed by atoms with E-state index >= 15 is 0 Å². The van der Waals surface area contributed by atoms with Crippen molar-refractivity contribution in [3.63, 3.8) is 0 Å². The standard InChI is InChI=1S/C15H21Cl2N3S/c1-4-11(5-2)20-7-6-10(19-20)8-13(18-3)12-9-14(16)21-15(12)17/h6-7,9,11,13,18H,4-5,8H2,1-3H3. The molecule has 0 fully saturated rings. The van der Waals surface area contributed by atoms with Crippen molar-refractivity contribution < 1.29 is 0 Å². The van der Waals surface area contributed by atoms with Crippen molar-refractivity contribution in [1.29, 1.82) is 0 Å². The van der Waals surface area contributed by atoms with Crippen molar-refractivity contribution >= 4 is 34.5 Å². The van der Waals surface area contributed by atoms with E-state index in [1.54, 1.807) is 0 Å². The van der Waals surface area contributed by atoms with Crippen LogP contribution in [0.1, 0.15) is 50.0 Å². The minimum atomic E-state index is 0.131. The van der Waals surface area contributed by atoms with Crippen LogP contribution >= 0.6 is 34.5 Å². The molecule has 116 valence electrons. The summed E-state index contributed by atoms with van der Waals surface area (Å²) in [4.78, 5) is 0. The van der Waals surface area contributed by atoms with Crippen molar-refractivity contribution in [2.45, 2.75) is 45.2 Å². The maximum Gasteiger partial charge on any atom is 0.0992 e. The van der Waals surface area contributed by atoms with E-state index in [0.29, 0.717) is 6.04 Å². The second-order valence-electron chi connectivity index (χ2n) is 5.08. The molecule has 2 rings (SSSR count). The highest BCUT2D eigenvalue weighted by molar-refractivity contribution is 7.20. The Morgan fingerprint density at radius 1 is 1.33 bits per heavy atom. The molecule has 0 bridgehead atoms. The molecule has 0 aliphatic rings. The average molecular weight is 346 g/mol. The van der Waals surface area contributed by atoms with Crippen molar-refractivity contribution in [3.05, 3.63) is 38.3 Å². The molecule has 0 saturated carbocycles. The largest absolute Gasteiger partial charge is 0.313 e. The van der Waals surface area contributed by atoms with E-state index in [4.69, 9.17) is 28.3 Å². The van der Waals surface area contributed by atoms with Crippen LogP contribution in [-0.2, 0) is 6.42 Å². The molecule has 2 aromatic heterocycles. The van der Waals surface area contributed by atoms with Gasteiger partial charge in [-0.05, 0) is 32.0 Å². The monoisotopic (exact) mass is 345 g/mol. The molecule has 3 nitrogen and oxygen atoms in total. The molecule has 1 unspecified atom stereocenters. The van der Waals surface area contributed by atoms with E-state index in [0.717, 1.165) is 39.2 Å². The quantitative estimate of drug-likeness (QED) is 0.754. The van der Waals surface area contributed by atoms with Crippen LogP contribution in [0.5, 0.6) is 0 Å². The fourth-order valence-corrected chi connectivity index (χ4v) is 4.10. The van der Waals surface area contributed by atoms with Gasteiger partial charge < -0.3 is 5.32 Å².